The van der Waals surface area contributed by atoms with Gasteiger partial charge < -0.3 is 14.2 Å². The monoisotopic (exact) mass is 250 g/mol. The number of hydrogen-bond acceptors (Lipinski definition) is 5. The van der Waals surface area contributed by atoms with Crippen molar-refractivity contribution in [2.45, 2.75) is 19.4 Å². The van der Waals surface area contributed by atoms with Crippen molar-refractivity contribution < 1.29 is 23.8 Å². The van der Waals surface area contributed by atoms with Gasteiger partial charge in [-0.25, -0.2) is 9.59 Å². The molecular formula is C13H14O5. The molecule has 1 fully saturated rings. The van der Waals surface area contributed by atoms with Gasteiger partial charge in [0.05, 0.1) is 13.2 Å². The Balaban J connectivity index is 2.10. The van der Waals surface area contributed by atoms with Gasteiger partial charge in [0.2, 0.25) is 6.10 Å². The Labute approximate surface area is 105 Å². The summed E-state index contributed by atoms with van der Waals surface area (Å²) in [6.45, 7) is 2.58. The van der Waals surface area contributed by atoms with E-state index < -0.39 is 18.0 Å². The summed E-state index contributed by atoms with van der Waals surface area (Å²) in [5.74, 6) is -0.600. The molecule has 5 nitrogen and oxygen atoms in total. The number of cyclic esters (lactones) is 1. The number of hydrogen-bond donors (Lipinski definition) is 0. The average Bonchev–Trinajstić information content (AvgIpc) is 2.76. The van der Waals surface area contributed by atoms with Crippen molar-refractivity contribution in [3.63, 3.8) is 0 Å². The minimum absolute atomic E-state index is 0.296. The number of carbonyl (C=O) groups excluding carboxylic acids is 2. The van der Waals surface area contributed by atoms with Crippen molar-refractivity contribution in [2.24, 2.45) is 0 Å². The number of ether oxygens (including phenoxy) is 3. The molecule has 1 saturated heterocycles. The van der Waals surface area contributed by atoms with E-state index in [1.165, 1.54) is 0 Å². The zero-order valence-electron chi connectivity index (χ0n) is 10.0. The Morgan fingerprint density at radius 1 is 1.44 bits per heavy atom. The molecule has 1 atom stereocenters. The first kappa shape index (κ1) is 12.4. The summed E-state index contributed by atoms with van der Waals surface area (Å²) in [5, 5.41) is 0. The molecule has 1 aliphatic heterocycles. The summed E-state index contributed by atoms with van der Waals surface area (Å²) in [4.78, 5) is 23.2. The quantitative estimate of drug-likeness (QED) is 0.759. The predicted octanol–water partition coefficient (Wildman–Crippen LogP) is 1.56. The molecule has 0 aromatic heterocycles. The lowest BCUT2D eigenvalue weighted by atomic mass is 10.2. The number of benzene rings is 1. The number of esters is 2. The highest BCUT2D eigenvalue weighted by Crippen LogP contribution is 2.21. The summed E-state index contributed by atoms with van der Waals surface area (Å²) < 4.78 is 15.2. The van der Waals surface area contributed by atoms with Crippen LogP contribution >= 0.6 is 0 Å². The Bertz CT molecular complexity index is 454. The lowest BCUT2D eigenvalue weighted by Crippen LogP contribution is -2.23. The van der Waals surface area contributed by atoms with Crippen molar-refractivity contribution in [1.82, 2.24) is 0 Å². The van der Waals surface area contributed by atoms with Crippen LogP contribution in [-0.4, -0.2) is 31.3 Å². The van der Waals surface area contributed by atoms with Crippen molar-refractivity contribution in [1.29, 1.82) is 0 Å². The van der Waals surface area contributed by atoms with E-state index in [4.69, 9.17) is 14.2 Å². The summed E-state index contributed by atoms with van der Waals surface area (Å²) in [6.07, 6.45) is -0.395. The molecule has 1 unspecified atom stereocenters. The van der Waals surface area contributed by atoms with Crippen LogP contribution in [0.2, 0.25) is 0 Å². The second kappa shape index (κ2) is 5.53. The summed E-state index contributed by atoms with van der Waals surface area (Å²) in [5.41, 5.74) is 0.319. The first-order chi connectivity index (χ1) is 8.72. The molecule has 0 amide bonds. The molecule has 1 heterocycles. The van der Waals surface area contributed by atoms with Crippen molar-refractivity contribution in [2.75, 3.05) is 13.2 Å². The van der Waals surface area contributed by atoms with E-state index in [9.17, 15) is 9.59 Å². The molecule has 2 rings (SSSR count). The minimum atomic E-state index is -0.799. The van der Waals surface area contributed by atoms with Gasteiger partial charge in [0.25, 0.3) is 0 Å². The van der Waals surface area contributed by atoms with Gasteiger partial charge in [0.15, 0.2) is 0 Å². The van der Waals surface area contributed by atoms with E-state index in [1.807, 2.05) is 6.92 Å². The fourth-order valence-electron chi connectivity index (χ4n) is 1.69. The summed E-state index contributed by atoms with van der Waals surface area (Å²) >= 11 is 0. The van der Waals surface area contributed by atoms with Crippen molar-refractivity contribution >= 4 is 11.9 Å². The van der Waals surface area contributed by atoms with Crippen LogP contribution in [0.15, 0.2) is 24.3 Å². The third kappa shape index (κ3) is 2.61. The lowest BCUT2D eigenvalue weighted by molar-refractivity contribution is -0.145. The molecule has 96 valence electrons. The van der Waals surface area contributed by atoms with Gasteiger partial charge in [0, 0.05) is 6.42 Å². The molecule has 0 aliphatic carbocycles. The smallest absolute Gasteiger partial charge is 0.347 e. The zero-order valence-corrected chi connectivity index (χ0v) is 10.0. The highest BCUT2D eigenvalue weighted by Gasteiger charge is 2.31. The highest BCUT2D eigenvalue weighted by atomic mass is 16.6. The van der Waals surface area contributed by atoms with Crippen LogP contribution in [0.25, 0.3) is 0 Å². The van der Waals surface area contributed by atoms with Crippen LogP contribution in [-0.2, 0) is 14.3 Å². The minimum Gasteiger partial charge on any atom is -0.493 e. The van der Waals surface area contributed by atoms with Gasteiger partial charge in [-0.3, -0.25) is 0 Å². The first-order valence-corrected chi connectivity index (χ1v) is 5.82. The van der Waals surface area contributed by atoms with Gasteiger partial charge >= 0.3 is 11.9 Å². The van der Waals surface area contributed by atoms with Crippen LogP contribution in [0.1, 0.15) is 23.7 Å². The lowest BCUT2D eigenvalue weighted by Gasteiger charge is -2.11. The van der Waals surface area contributed by atoms with E-state index >= 15 is 0 Å². The van der Waals surface area contributed by atoms with Gasteiger partial charge in [0.1, 0.15) is 11.3 Å². The molecule has 0 radical (unpaired) electrons. The maximum Gasteiger partial charge on any atom is 0.347 e. The van der Waals surface area contributed by atoms with E-state index in [2.05, 4.69) is 0 Å². The Morgan fingerprint density at radius 3 is 2.89 bits per heavy atom. The van der Waals surface area contributed by atoms with E-state index in [0.29, 0.717) is 30.9 Å². The summed E-state index contributed by atoms with van der Waals surface area (Å²) in [7, 11) is 0. The van der Waals surface area contributed by atoms with E-state index in [0.717, 1.165) is 0 Å². The van der Waals surface area contributed by atoms with Crippen LogP contribution in [0.4, 0.5) is 0 Å². The maximum atomic E-state index is 11.9. The summed E-state index contributed by atoms with van der Waals surface area (Å²) in [6, 6.07) is 6.78. The standard InChI is InChI=1S/C13H14O5/c1-2-16-10-6-4-3-5-9(10)12(14)18-11-7-8-17-13(11)15/h3-6,11H,2,7-8H2,1H3. The highest BCUT2D eigenvalue weighted by molar-refractivity contribution is 5.94. The third-order valence-electron chi connectivity index (χ3n) is 2.54. The van der Waals surface area contributed by atoms with E-state index in [-0.39, 0.29) is 0 Å². The molecule has 5 heteroatoms. The number of rotatable bonds is 4. The number of carbonyl (C=O) groups is 2. The van der Waals surface area contributed by atoms with E-state index in [1.54, 1.807) is 24.3 Å². The molecule has 0 N–H and O–H groups in total. The van der Waals surface area contributed by atoms with Gasteiger partial charge in [-0.1, -0.05) is 12.1 Å². The molecule has 1 aromatic carbocycles. The third-order valence-corrected chi connectivity index (χ3v) is 2.54. The Morgan fingerprint density at radius 2 is 2.22 bits per heavy atom. The Hall–Kier alpha value is -2.04. The molecule has 1 aromatic rings. The second-order valence-electron chi connectivity index (χ2n) is 3.78. The van der Waals surface area contributed by atoms with Crippen LogP contribution < -0.4 is 4.74 Å². The van der Waals surface area contributed by atoms with Gasteiger partial charge in [-0.15, -0.1) is 0 Å². The Kier molecular flexibility index (Phi) is 3.82. The molecular weight excluding hydrogens is 236 g/mol. The second-order valence-corrected chi connectivity index (χ2v) is 3.78. The first-order valence-electron chi connectivity index (χ1n) is 5.82. The average molecular weight is 250 g/mol. The van der Waals surface area contributed by atoms with Crippen LogP contribution in [0.3, 0.4) is 0 Å². The molecule has 0 bridgehead atoms. The van der Waals surface area contributed by atoms with Crippen molar-refractivity contribution in [3.05, 3.63) is 29.8 Å². The number of para-hydroxylation sites is 1. The molecule has 1 aliphatic rings. The van der Waals surface area contributed by atoms with Crippen molar-refractivity contribution in [3.8, 4) is 5.75 Å². The van der Waals surface area contributed by atoms with Crippen LogP contribution in [0.5, 0.6) is 5.75 Å². The fraction of sp³-hybridized carbons (Fsp3) is 0.385. The zero-order chi connectivity index (χ0) is 13.0. The normalized spacial score (nSPS) is 18.3. The SMILES string of the molecule is CCOc1ccccc1C(=O)OC1CCOC1=O. The maximum absolute atomic E-state index is 11.9. The fourth-order valence-corrected chi connectivity index (χ4v) is 1.69. The molecule has 18 heavy (non-hydrogen) atoms. The predicted molar refractivity (Wildman–Crippen MR) is 62.4 cm³/mol. The molecule has 0 spiro atoms. The largest absolute Gasteiger partial charge is 0.493 e. The van der Waals surface area contributed by atoms with Crippen LogP contribution in [0, 0.1) is 0 Å². The molecule has 0 saturated carbocycles. The topological polar surface area (TPSA) is 61.8 Å². The van der Waals surface area contributed by atoms with Gasteiger partial charge in [-0.05, 0) is 19.1 Å². The van der Waals surface area contributed by atoms with Gasteiger partial charge in [-0.2, -0.15) is 0 Å².